The molecule has 1 aromatic heterocycles. The maximum absolute atomic E-state index is 11.8. The third-order valence-corrected chi connectivity index (χ3v) is 3.97. The standard InChI is InChI=1S/C17H18N2O5/c20-12(14-9-11-3-1-2-4-13(11)24-14)7-8-18-15(21)10-19-16(22)5-6-17(19)23/h1-4,9,12,20H,5-8,10H2,(H,18,21). The number of hydrogen-bond acceptors (Lipinski definition) is 5. The number of amides is 3. The molecule has 0 bridgehead atoms. The summed E-state index contributed by atoms with van der Waals surface area (Å²) in [6.45, 7) is -0.0499. The van der Waals surface area contributed by atoms with E-state index >= 15 is 0 Å². The van der Waals surface area contributed by atoms with Gasteiger partial charge in [-0.05, 0) is 18.6 Å². The van der Waals surface area contributed by atoms with E-state index in [-0.39, 0.29) is 44.2 Å². The second kappa shape index (κ2) is 6.84. The molecular weight excluding hydrogens is 312 g/mol. The predicted molar refractivity (Wildman–Crippen MR) is 84.8 cm³/mol. The van der Waals surface area contributed by atoms with Crippen molar-refractivity contribution in [2.75, 3.05) is 13.1 Å². The number of carbonyl (C=O) groups is 3. The number of aliphatic hydroxyl groups is 1. The van der Waals surface area contributed by atoms with Crippen LogP contribution in [0.15, 0.2) is 34.7 Å². The molecule has 1 unspecified atom stereocenters. The minimum atomic E-state index is -0.840. The summed E-state index contributed by atoms with van der Waals surface area (Å²) in [5.41, 5.74) is 0.696. The van der Waals surface area contributed by atoms with Gasteiger partial charge in [0.05, 0.1) is 0 Å². The number of nitrogens with zero attached hydrogens (tertiary/aromatic N) is 1. The molecule has 3 amide bonds. The van der Waals surface area contributed by atoms with Crippen LogP contribution in [0.3, 0.4) is 0 Å². The van der Waals surface area contributed by atoms with Gasteiger partial charge in [0.1, 0.15) is 24.0 Å². The number of nitrogens with one attached hydrogen (secondary N) is 1. The summed E-state index contributed by atoms with van der Waals surface area (Å²) in [6.07, 6.45) is -0.242. The molecule has 1 aliphatic rings. The molecule has 7 nitrogen and oxygen atoms in total. The molecule has 3 rings (SSSR count). The molecule has 0 radical (unpaired) electrons. The van der Waals surface area contributed by atoms with Crippen molar-refractivity contribution < 1.29 is 23.9 Å². The number of benzene rings is 1. The zero-order valence-corrected chi connectivity index (χ0v) is 13.0. The van der Waals surface area contributed by atoms with Gasteiger partial charge in [-0.3, -0.25) is 19.3 Å². The highest BCUT2D eigenvalue weighted by atomic mass is 16.4. The van der Waals surface area contributed by atoms with Gasteiger partial charge < -0.3 is 14.8 Å². The third kappa shape index (κ3) is 3.46. The largest absolute Gasteiger partial charge is 0.458 e. The van der Waals surface area contributed by atoms with Crippen molar-refractivity contribution in [3.8, 4) is 0 Å². The van der Waals surface area contributed by atoms with E-state index in [0.717, 1.165) is 10.3 Å². The number of fused-ring (bicyclic) bond motifs is 1. The van der Waals surface area contributed by atoms with Crippen molar-refractivity contribution >= 4 is 28.7 Å². The number of aliphatic hydroxyl groups excluding tert-OH is 1. The Bertz CT molecular complexity index is 733. The Morgan fingerprint density at radius 2 is 1.96 bits per heavy atom. The topological polar surface area (TPSA) is 99.9 Å². The first-order chi connectivity index (χ1) is 11.5. The summed E-state index contributed by atoms with van der Waals surface area (Å²) in [5.74, 6) is -0.624. The van der Waals surface area contributed by atoms with Crippen LogP contribution in [0.4, 0.5) is 0 Å². The summed E-state index contributed by atoms with van der Waals surface area (Å²) in [4.78, 5) is 35.6. The zero-order valence-electron chi connectivity index (χ0n) is 13.0. The lowest BCUT2D eigenvalue weighted by atomic mass is 10.2. The number of para-hydroxylation sites is 1. The van der Waals surface area contributed by atoms with E-state index in [0.29, 0.717) is 11.3 Å². The molecular formula is C17H18N2O5. The monoisotopic (exact) mass is 330 g/mol. The molecule has 24 heavy (non-hydrogen) atoms. The number of hydrogen-bond donors (Lipinski definition) is 2. The fourth-order valence-corrected chi connectivity index (χ4v) is 2.66. The SMILES string of the molecule is O=C(CN1C(=O)CCC1=O)NCCC(O)c1cc2ccccc2o1. The molecule has 1 aliphatic heterocycles. The lowest BCUT2D eigenvalue weighted by Gasteiger charge is -2.14. The molecule has 2 N–H and O–H groups in total. The Morgan fingerprint density at radius 3 is 2.67 bits per heavy atom. The van der Waals surface area contributed by atoms with Crippen LogP contribution in [0.25, 0.3) is 11.0 Å². The fraction of sp³-hybridized carbons (Fsp3) is 0.353. The van der Waals surface area contributed by atoms with Crippen molar-refractivity contribution in [1.82, 2.24) is 10.2 Å². The lowest BCUT2D eigenvalue weighted by molar-refractivity contribution is -0.142. The van der Waals surface area contributed by atoms with Crippen LogP contribution in [-0.4, -0.2) is 40.8 Å². The minimum Gasteiger partial charge on any atom is -0.458 e. The molecule has 2 heterocycles. The number of likely N-dealkylation sites (tertiary alicyclic amines) is 1. The molecule has 126 valence electrons. The van der Waals surface area contributed by atoms with Crippen molar-refractivity contribution in [2.24, 2.45) is 0 Å². The number of carbonyl (C=O) groups excluding carboxylic acids is 3. The second-order valence-corrected chi connectivity index (χ2v) is 5.71. The number of rotatable bonds is 6. The molecule has 1 atom stereocenters. The van der Waals surface area contributed by atoms with Crippen LogP contribution in [0, 0.1) is 0 Å². The van der Waals surface area contributed by atoms with Crippen LogP contribution >= 0.6 is 0 Å². The van der Waals surface area contributed by atoms with E-state index in [2.05, 4.69) is 5.32 Å². The van der Waals surface area contributed by atoms with E-state index in [9.17, 15) is 19.5 Å². The molecule has 1 saturated heterocycles. The normalized spacial score (nSPS) is 16.0. The van der Waals surface area contributed by atoms with E-state index in [1.807, 2.05) is 24.3 Å². The Hall–Kier alpha value is -2.67. The van der Waals surface area contributed by atoms with Crippen molar-refractivity contribution in [3.63, 3.8) is 0 Å². The molecule has 0 spiro atoms. The fourth-order valence-electron chi connectivity index (χ4n) is 2.66. The average molecular weight is 330 g/mol. The first-order valence-corrected chi connectivity index (χ1v) is 7.81. The highest BCUT2D eigenvalue weighted by Gasteiger charge is 2.30. The summed E-state index contributed by atoms with van der Waals surface area (Å²) in [7, 11) is 0. The third-order valence-electron chi connectivity index (χ3n) is 3.97. The predicted octanol–water partition coefficient (Wildman–Crippen LogP) is 1.12. The second-order valence-electron chi connectivity index (χ2n) is 5.71. The van der Waals surface area contributed by atoms with Crippen molar-refractivity contribution in [1.29, 1.82) is 0 Å². The van der Waals surface area contributed by atoms with E-state index in [4.69, 9.17) is 4.42 Å². The average Bonchev–Trinajstić information content (AvgIpc) is 3.13. The molecule has 0 saturated carbocycles. The smallest absolute Gasteiger partial charge is 0.240 e. The Kier molecular flexibility index (Phi) is 4.61. The van der Waals surface area contributed by atoms with E-state index in [1.165, 1.54) is 0 Å². The van der Waals surface area contributed by atoms with Crippen molar-refractivity contribution in [3.05, 3.63) is 36.1 Å². The summed E-state index contributed by atoms with van der Waals surface area (Å²) in [5, 5.41) is 13.6. The van der Waals surface area contributed by atoms with Crippen LogP contribution < -0.4 is 5.32 Å². The maximum atomic E-state index is 11.8. The first-order valence-electron chi connectivity index (χ1n) is 7.81. The quantitative estimate of drug-likeness (QED) is 0.773. The van der Waals surface area contributed by atoms with Gasteiger partial charge in [0.25, 0.3) is 0 Å². The van der Waals surface area contributed by atoms with Crippen molar-refractivity contribution in [2.45, 2.75) is 25.4 Å². The van der Waals surface area contributed by atoms with Gasteiger partial charge in [-0.25, -0.2) is 0 Å². The van der Waals surface area contributed by atoms with Crippen LogP contribution in [-0.2, 0) is 14.4 Å². The Labute approximate surface area is 138 Å². The van der Waals surface area contributed by atoms with Crippen LogP contribution in [0.2, 0.25) is 0 Å². The van der Waals surface area contributed by atoms with Gasteiger partial charge in [-0.2, -0.15) is 0 Å². The van der Waals surface area contributed by atoms with Gasteiger partial charge in [-0.15, -0.1) is 0 Å². The Morgan fingerprint density at radius 1 is 1.25 bits per heavy atom. The summed E-state index contributed by atoms with van der Waals surface area (Å²) < 4.78 is 5.56. The van der Waals surface area contributed by atoms with Gasteiger partial charge in [0.2, 0.25) is 17.7 Å². The maximum Gasteiger partial charge on any atom is 0.240 e. The zero-order chi connectivity index (χ0) is 17.1. The van der Waals surface area contributed by atoms with Crippen LogP contribution in [0.1, 0.15) is 31.1 Å². The lowest BCUT2D eigenvalue weighted by Crippen LogP contribution is -2.40. The molecule has 1 aromatic carbocycles. The summed E-state index contributed by atoms with van der Waals surface area (Å²) >= 11 is 0. The first kappa shape index (κ1) is 16.2. The molecule has 1 fully saturated rings. The molecule has 2 aromatic rings. The highest BCUT2D eigenvalue weighted by molar-refractivity contribution is 6.04. The highest BCUT2D eigenvalue weighted by Crippen LogP contribution is 2.25. The van der Waals surface area contributed by atoms with E-state index < -0.39 is 12.0 Å². The molecule has 7 heteroatoms. The van der Waals surface area contributed by atoms with Gasteiger partial charge in [-0.1, -0.05) is 18.2 Å². The minimum absolute atomic E-state index is 0.164. The number of imide groups is 1. The van der Waals surface area contributed by atoms with E-state index in [1.54, 1.807) is 6.07 Å². The van der Waals surface area contributed by atoms with Gasteiger partial charge in [0, 0.05) is 24.8 Å². The molecule has 0 aliphatic carbocycles. The number of furan rings is 1. The Balaban J connectivity index is 1.48. The van der Waals surface area contributed by atoms with Gasteiger partial charge >= 0.3 is 0 Å². The van der Waals surface area contributed by atoms with Gasteiger partial charge in [0.15, 0.2) is 0 Å². The van der Waals surface area contributed by atoms with Crippen LogP contribution in [0.5, 0.6) is 0 Å². The summed E-state index contributed by atoms with van der Waals surface area (Å²) in [6, 6.07) is 9.21.